The summed E-state index contributed by atoms with van der Waals surface area (Å²) in [6.07, 6.45) is 25.4. The van der Waals surface area contributed by atoms with Gasteiger partial charge in [0.1, 0.15) is 51.7 Å². The number of halogens is 2. The molecule has 18 nitrogen and oxygen atoms in total. The molecule has 0 bridgehead atoms. The smallest absolute Gasteiger partial charge is 0.490 e. The average molecular weight is 1800 g/mol. The topological polar surface area (TPSA) is 237 Å². The lowest BCUT2D eigenvalue weighted by atomic mass is 9.71. The number of fused-ring (bicyclic) bond motifs is 5. The molecule has 0 radical (unpaired) electrons. The molecule has 2 atom stereocenters. The van der Waals surface area contributed by atoms with Crippen LogP contribution in [0, 0.1) is 0 Å². The predicted molar refractivity (Wildman–Crippen MR) is 507 cm³/mol. The van der Waals surface area contributed by atoms with E-state index in [1.807, 2.05) is 91.0 Å². The van der Waals surface area contributed by atoms with Crippen molar-refractivity contribution in [3.63, 3.8) is 0 Å². The van der Waals surface area contributed by atoms with Gasteiger partial charge in [-0.15, -0.1) is 0 Å². The van der Waals surface area contributed by atoms with E-state index in [1.165, 1.54) is 104 Å². The molecule has 1 heterocycles. The van der Waals surface area contributed by atoms with Gasteiger partial charge in [0.15, 0.2) is 0 Å². The Labute approximate surface area is 745 Å². The number of nitrogen functional groups attached to an aromatic ring is 1. The summed E-state index contributed by atoms with van der Waals surface area (Å²) in [6.45, 7) is 21.8. The molecule has 15 rings (SSSR count). The molecule has 2 unspecified atom stereocenters. The van der Waals surface area contributed by atoms with Crippen LogP contribution in [0.4, 0.5) is 22.7 Å². The summed E-state index contributed by atoms with van der Waals surface area (Å²) in [5.74, 6) is 7.11. The zero-order chi connectivity index (χ0) is 88.3. The first-order valence-corrected chi connectivity index (χ1v) is 44.6. The summed E-state index contributed by atoms with van der Waals surface area (Å²) in [7, 11) is 6.25. The Kier molecular flexibility index (Phi) is 35.3. The van der Waals surface area contributed by atoms with Crippen LogP contribution in [-0.2, 0) is 68.6 Å². The Balaban J connectivity index is 0.000000157. The highest BCUT2D eigenvalue weighted by Crippen LogP contribution is 2.44. The summed E-state index contributed by atoms with van der Waals surface area (Å²) < 4.78 is 52.7. The molecular weight excluding hydrogens is 1680 g/mol. The van der Waals surface area contributed by atoms with E-state index < -0.39 is 0 Å². The van der Waals surface area contributed by atoms with E-state index in [1.54, 1.807) is 46.6 Å². The van der Waals surface area contributed by atoms with E-state index in [9.17, 15) is 24.6 Å². The Hall–Kier alpha value is -10.4. The SMILES string of the molecule is CCCCOc1ccc2c(c1)CCC(B1OC(C)(C)C(C)(C)O1)=C2.CCCCOc1ccc2c(c1)CCC(Br)=C2.CCCCOc1ccc2c(c1)CCC(c1ccc(OC)cc1NC(C)=O)=C2.COc1ccc(Br)c(NC(C)=O)c1.COc1ccc(C2CCc3cc(O)ccc3C2)c(N)c1.COc1ccc(C2CCc3cc(O)ccc3C2)c(NC(C)=O)c1. The normalized spacial score (nSPS) is 15.8. The van der Waals surface area contributed by atoms with Gasteiger partial charge in [-0.1, -0.05) is 111 Å². The molecule has 1 aliphatic heterocycles. The Bertz CT molecular complexity index is 5200. The second-order valence-electron chi connectivity index (χ2n) is 32.8. The van der Waals surface area contributed by atoms with Crippen LogP contribution in [0.5, 0.6) is 51.7 Å². The van der Waals surface area contributed by atoms with Crippen molar-refractivity contribution < 1.29 is 67.1 Å². The van der Waals surface area contributed by atoms with Gasteiger partial charge in [-0.3, -0.25) is 14.4 Å². The third kappa shape index (κ3) is 27.3. The number of hydrogen-bond donors (Lipinski definition) is 6. The Morgan fingerprint density at radius 2 is 0.837 bits per heavy atom. The molecule has 0 aromatic heterocycles. The highest BCUT2D eigenvalue weighted by atomic mass is 79.9. The number of carbonyl (C=O) groups excluding carboxylic acids is 3. The second-order valence-corrected chi connectivity index (χ2v) is 34.7. The summed E-state index contributed by atoms with van der Waals surface area (Å²) in [4.78, 5) is 33.9. The molecule has 6 aliphatic rings. The van der Waals surface area contributed by atoms with Crippen molar-refractivity contribution in [2.45, 2.75) is 208 Å². The quantitative estimate of drug-likeness (QED) is 0.0198. The van der Waals surface area contributed by atoms with E-state index in [0.717, 1.165) is 196 Å². The molecule has 123 heavy (non-hydrogen) atoms. The number of rotatable bonds is 23. The molecular formula is C102H123BBr2N4O14. The van der Waals surface area contributed by atoms with Gasteiger partial charge < -0.3 is 74.4 Å². The van der Waals surface area contributed by atoms with Crippen LogP contribution in [0.1, 0.15) is 224 Å². The number of anilines is 4. The lowest BCUT2D eigenvalue weighted by molar-refractivity contribution is -0.115. The highest BCUT2D eigenvalue weighted by Gasteiger charge is 2.52. The number of benzene rings is 9. The first-order valence-electron chi connectivity index (χ1n) is 43.1. The van der Waals surface area contributed by atoms with E-state index in [0.29, 0.717) is 34.8 Å². The van der Waals surface area contributed by atoms with Gasteiger partial charge in [0.2, 0.25) is 17.7 Å². The number of phenols is 2. The molecule has 7 N–H and O–H groups in total. The number of aryl methyl sites for hydroxylation is 5. The monoisotopic (exact) mass is 1800 g/mol. The number of ether oxygens (including phenoxy) is 7. The van der Waals surface area contributed by atoms with Crippen molar-refractivity contribution in [1.82, 2.24) is 0 Å². The Morgan fingerprint density at radius 3 is 1.33 bits per heavy atom. The number of allylic oxidation sites excluding steroid dienone is 3. The predicted octanol–water partition coefficient (Wildman–Crippen LogP) is 24.0. The molecule has 0 spiro atoms. The minimum Gasteiger partial charge on any atom is -0.508 e. The summed E-state index contributed by atoms with van der Waals surface area (Å²) in [6, 6.07) is 53.4. The third-order valence-electron chi connectivity index (χ3n) is 23.1. The van der Waals surface area contributed by atoms with Gasteiger partial charge in [0, 0.05) is 66.4 Å². The van der Waals surface area contributed by atoms with Crippen molar-refractivity contribution >= 4 is 103 Å². The maximum Gasteiger partial charge on any atom is 0.490 e. The van der Waals surface area contributed by atoms with Crippen molar-refractivity contribution in [3.05, 3.63) is 251 Å². The fourth-order valence-corrected chi connectivity index (χ4v) is 16.4. The first-order chi connectivity index (χ1) is 59.1. The number of amides is 3. The summed E-state index contributed by atoms with van der Waals surface area (Å²) >= 11 is 6.88. The van der Waals surface area contributed by atoms with Crippen LogP contribution in [0.3, 0.4) is 0 Å². The standard InChI is InChI=1S/C23H27NO3.C20H29BO3.C19H21NO3.C17H19NO2.C14H17BrO.C9H10BrNO2/c1-4-5-12-27-21-9-8-17-13-19(7-6-18(17)14-21)22-11-10-20(26-3)15-23(22)24-16(2)25;1-6-7-12-22-18-11-9-15-13-17(10-8-16(15)14-18)21-23-19(2,3)20(4,5)24-21;1-12(21)20-19-11-17(23-2)7-8-18(19)15-4-3-14-10-16(22)6-5-13(14)9-15;1-20-15-6-7-16(17(18)10-15)13-3-2-12-9-14(19)5-4-11(12)8-13;1-2-3-8-16-14-7-5-11-9-13(15)6-4-12(11)10-14;1-6(12)11-9-5-7(13-2)3-4-8(9)10/h8-11,13-15H,4-7,12H2,1-3H3,(H,24,25);9,11,13-14H,6-8,10,12H2,1-5H3;5-8,10-11,15,22H,3-4,9H2,1-2H3,(H,20,21);4-7,9-10,13,19H,2-3,8,18H2,1H3;5,7,9-10H,2-4,6,8H2,1H3;3-5H,1-2H3,(H,11,12). The van der Waals surface area contributed by atoms with Gasteiger partial charge in [0.25, 0.3) is 0 Å². The number of nitrogens with two attached hydrogens (primary N) is 1. The number of nitrogens with one attached hydrogen (secondary N) is 3. The lowest BCUT2D eigenvalue weighted by Gasteiger charge is -2.32. The molecule has 0 saturated carbocycles. The fourth-order valence-electron chi connectivity index (χ4n) is 15.6. The van der Waals surface area contributed by atoms with Gasteiger partial charge in [-0.25, -0.2) is 0 Å². The molecule has 652 valence electrons. The van der Waals surface area contributed by atoms with E-state index >= 15 is 0 Å². The van der Waals surface area contributed by atoms with Crippen molar-refractivity contribution in [1.29, 1.82) is 0 Å². The summed E-state index contributed by atoms with van der Waals surface area (Å²) in [5, 5.41) is 27.7. The third-order valence-corrected chi connectivity index (χ3v) is 24.4. The van der Waals surface area contributed by atoms with Crippen LogP contribution in [0.25, 0.3) is 23.8 Å². The van der Waals surface area contributed by atoms with Crippen LogP contribution in [-0.4, -0.2) is 94.5 Å². The maximum absolute atomic E-state index is 11.6. The van der Waals surface area contributed by atoms with E-state index in [2.05, 4.69) is 169 Å². The number of methoxy groups -OCH3 is 4. The van der Waals surface area contributed by atoms with Gasteiger partial charge in [-0.2, -0.15) is 0 Å². The van der Waals surface area contributed by atoms with E-state index in [-0.39, 0.29) is 36.0 Å². The minimum atomic E-state index is -0.282. The van der Waals surface area contributed by atoms with Crippen LogP contribution in [0.2, 0.25) is 0 Å². The number of hydrogen-bond acceptors (Lipinski definition) is 15. The average Bonchev–Trinajstić information content (AvgIpc) is 1.61. The maximum atomic E-state index is 11.6. The largest absolute Gasteiger partial charge is 0.508 e. The molecule has 1 fully saturated rings. The molecule has 9 aromatic carbocycles. The summed E-state index contributed by atoms with van der Waals surface area (Å²) in [5.41, 5.74) is 27.5. The van der Waals surface area contributed by atoms with Gasteiger partial charge >= 0.3 is 7.12 Å². The van der Waals surface area contributed by atoms with Crippen molar-refractivity contribution in [2.75, 3.05) is 69.9 Å². The van der Waals surface area contributed by atoms with Crippen molar-refractivity contribution in [3.8, 4) is 51.7 Å². The fraction of sp³-hybridized carbons (Fsp3) is 0.382. The minimum absolute atomic E-state index is 0.0827. The number of unbranched alkanes of at least 4 members (excludes halogenated alkanes) is 3. The van der Waals surface area contributed by atoms with Gasteiger partial charge in [0.05, 0.1) is 70.8 Å². The highest BCUT2D eigenvalue weighted by molar-refractivity contribution is 9.11. The first kappa shape index (κ1) is 94.8. The molecule has 9 aromatic rings. The van der Waals surface area contributed by atoms with E-state index in [4.69, 9.17) is 48.2 Å². The second kappa shape index (κ2) is 45.8. The zero-order valence-corrected chi connectivity index (χ0v) is 77.2. The van der Waals surface area contributed by atoms with Gasteiger partial charge in [-0.05, 0) is 337 Å². The molecule has 3 amide bonds. The molecule has 1 saturated heterocycles. The van der Waals surface area contributed by atoms with Crippen LogP contribution >= 0.6 is 31.9 Å². The number of aromatic hydroxyl groups is 2. The van der Waals surface area contributed by atoms with Crippen LogP contribution < -0.4 is 54.8 Å². The number of phenolic OH excluding ortho intramolecular Hbond substituents is 2. The number of carbonyl (C=O) groups is 3. The molecule has 21 heteroatoms. The zero-order valence-electron chi connectivity index (χ0n) is 74.0. The lowest BCUT2D eigenvalue weighted by Crippen LogP contribution is -2.41. The Morgan fingerprint density at radius 1 is 0.431 bits per heavy atom. The van der Waals surface area contributed by atoms with Crippen LogP contribution in [0.15, 0.2) is 178 Å². The molecule has 5 aliphatic carbocycles. The van der Waals surface area contributed by atoms with Crippen molar-refractivity contribution in [2.24, 2.45) is 0 Å².